The van der Waals surface area contributed by atoms with E-state index in [1.807, 2.05) is 66.7 Å². The van der Waals surface area contributed by atoms with E-state index in [0.717, 1.165) is 22.7 Å². The SMILES string of the molecule is CN(C)S(=O)(=O)NC(=O)[C@@]12C[C@H]1/C=C\CCCCC[C@H](NC(=O)OC(C)(C)C)C(=O)N1C[C@H](Oc3nc4ccccc4nc3-c3ccccc3)C[C@H]1C(=O)N2. The van der Waals surface area contributed by atoms with E-state index in [0.29, 0.717) is 36.0 Å². The highest BCUT2D eigenvalue weighted by Gasteiger charge is 2.61. The van der Waals surface area contributed by atoms with Crippen LogP contribution < -0.4 is 20.1 Å². The number of alkyl carbamates (subject to hydrolysis) is 1. The molecule has 2 fully saturated rings. The van der Waals surface area contributed by atoms with Crippen LogP contribution in [0.15, 0.2) is 66.7 Å². The van der Waals surface area contributed by atoms with Crippen LogP contribution in [0.3, 0.4) is 0 Å². The Hall–Kier alpha value is -5.09. The minimum Gasteiger partial charge on any atom is -0.471 e. The number of carbonyl (C=O) groups excluding carboxylic acids is 4. The molecule has 0 radical (unpaired) electrons. The summed E-state index contributed by atoms with van der Waals surface area (Å²) in [4.78, 5) is 66.8. The van der Waals surface area contributed by atoms with E-state index in [1.54, 1.807) is 20.8 Å². The van der Waals surface area contributed by atoms with Crippen molar-refractivity contribution in [2.75, 3.05) is 20.6 Å². The summed E-state index contributed by atoms with van der Waals surface area (Å²) >= 11 is 0. The van der Waals surface area contributed by atoms with Gasteiger partial charge in [0.05, 0.1) is 17.6 Å². The number of amides is 4. The zero-order chi connectivity index (χ0) is 39.5. The van der Waals surface area contributed by atoms with E-state index in [2.05, 4.69) is 15.4 Å². The Morgan fingerprint density at radius 1 is 0.982 bits per heavy atom. The summed E-state index contributed by atoms with van der Waals surface area (Å²) in [6.45, 7) is 5.12. The fourth-order valence-electron chi connectivity index (χ4n) is 6.92. The maximum Gasteiger partial charge on any atom is 0.408 e. The normalized spacial score (nSPS) is 25.5. The van der Waals surface area contributed by atoms with Gasteiger partial charge in [0.1, 0.15) is 35.0 Å². The number of para-hydroxylation sites is 2. The maximum absolute atomic E-state index is 14.6. The molecule has 294 valence electrons. The second kappa shape index (κ2) is 15.9. The van der Waals surface area contributed by atoms with Crippen LogP contribution in [0.1, 0.15) is 65.7 Å². The molecule has 5 atom stereocenters. The van der Waals surface area contributed by atoms with Crippen LogP contribution in [0.4, 0.5) is 4.79 Å². The lowest BCUT2D eigenvalue weighted by molar-refractivity contribution is -0.141. The second-order valence-corrected chi connectivity index (χ2v) is 17.4. The Bertz CT molecular complexity index is 2070. The van der Waals surface area contributed by atoms with Crippen LogP contribution in [0.25, 0.3) is 22.3 Å². The summed E-state index contributed by atoms with van der Waals surface area (Å²) in [6.07, 6.45) is 5.51. The molecule has 55 heavy (non-hydrogen) atoms. The van der Waals surface area contributed by atoms with Crippen molar-refractivity contribution in [2.24, 2.45) is 5.92 Å². The number of rotatable bonds is 7. The van der Waals surface area contributed by atoms with Crippen LogP contribution >= 0.6 is 0 Å². The van der Waals surface area contributed by atoms with Crippen molar-refractivity contribution >= 4 is 45.1 Å². The van der Waals surface area contributed by atoms with Crippen LogP contribution in [0, 0.1) is 5.92 Å². The lowest BCUT2D eigenvalue weighted by Gasteiger charge is -2.30. The Balaban J connectivity index is 1.35. The van der Waals surface area contributed by atoms with Crippen molar-refractivity contribution in [3.8, 4) is 17.1 Å². The minimum absolute atomic E-state index is 0.00761. The average Bonchev–Trinajstić information content (AvgIpc) is 3.66. The highest BCUT2D eigenvalue weighted by atomic mass is 32.2. The first-order valence-electron chi connectivity index (χ1n) is 18.6. The first kappa shape index (κ1) is 39.6. The number of hydrogen-bond acceptors (Lipinski definition) is 10. The van der Waals surface area contributed by atoms with Crippen LogP contribution in [-0.4, -0.2) is 101 Å². The number of carbonyl (C=O) groups is 4. The molecule has 1 saturated carbocycles. The van der Waals surface area contributed by atoms with Crippen molar-refractivity contribution in [2.45, 2.75) is 95.0 Å². The van der Waals surface area contributed by atoms with Gasteiger partial charge in [-0.2, -0.15) is 12.7 Å². The molecule has 2 aromatic carbocycles. The van der Waals surface area contributed by atoms with E-state index in [9.17, 15) is 27.6 Å². The average molecular weight is 776 g/mol. The molecule has 0 unspecified atom stereocenters. The van der Waals surface area contributed by atoms with Gasteiger partial charge in [-0.15, -0.1) is 0 Å². The highest BCUT2D eigenvalue weighted by molar-refractivity contribution is 7.87. The molecule has 0 bridgehead atoms. The van der Waals surface area contributed by atoms with Gasteiger partial charge in [0.15, 0.2) is 0 Å². The Morgan fingerprint density at radius 2 is 1.67 bits per heavy atom. The van der Waals surface area contributed by atoms with Gasteiger partial charge < -0.3 is 25.0 Å². The van der Waals surface area contributed by atoms with Gasteiger partial charge >= 0.3 is 16.3 Å². The van der Waals surface area contributed by atoms with Gasteiger partial charge in [-0.3, -0.25) is 14.4 Å². The van der Waals surface area contributed by atoms with Crippen molar-refractivity contribution in [3.63, 3.8) is 0 Å². The lowest BCUT2D eigenvalue weighted by Crippen LogP contribution is -2.58. The quantitative estimate of drug-likeness (QED) is 0.298. The molecule has 1 aliphatic carbocycles. The van der Waals surface area contributed by atoms with Gasteiger partial charge in [-0.25, -0.2) is 19.5 Å². The number of nitrogens with one attached hydrogen (secondary N) is 3. The fourth-order valence-corrected chi connectivity index (χ4v) is 7.52. The smallest absolute Gasteiger partial charge is 0.408 e. The Kier molecular flexibility index (Phi) is 11.5. The van der Waals surface area contributed by atoms with Crippen LogP contribution in [0.5, 0.6) is 5.88 Å². The standard InChI is InChI=1S/C39H49N7O8S/c1-38(2,3)54-37(50)42-30-21-13-8-6-7-12-18-26-23-39(26,36(49)44-55(51,52)45(4)5)43-33(47)31-22-27(24-46(31)35(30)48)53-34-32(25-16-10-9-11-17-25)40-28-19-14-15-20-29(28)41-34/h9-12,14-20,26-27,30-31H,6-8,13,21-24H2,1-5H3,(H,42,50)(H,43,47)(H,44,49)/b18-12-/t26-,27-,30+,31+,39-/m1/s1. The molecule has 3 aromatic rings. The zero-order valence-corrected chi connectivity index (χ0v) is 32.6. The van der Waals surface area contributed by atoms with Crippen LogP contribution in [0.2, 0.25) is 0 Å². The Morgan fingerprint density at radius 3 is 2.36 bits per heavy atom. The van der Waals surface area contributed by atoms with Crippen molar-refractivity contribution < 1.29 is 37.1 Å². The first-order valence-corrected chi connectivity index (χ1v) is 20.0. The molecular formula is C39H49N7O8S. The predicted octanol–water partition coefficient (Wildman–Crippen LogP) is 3.86. The van der Waals surface area contributed by atoms with Gasteiger partial charge in [-0.05, 0) is 58.6 Å². The highest BCUT2D eigenvalue weighted by Crippen LogP contribution is 2.46. The monoisotopic (exact) mass is 775 g/mol. The largest absolute Gasteiger partial charge is 0.471 e. The van der Waals surface area contributed by atoms with E-state index < -0.39 is 69.3 Å². The number of allylic oxidation sites excluding steroid dienone is 1. The third-order valence-electron chi connectivity index (χ3n) is 9.90. The molecule has 15 nitrogen and oxygen atoms in total. The molecule has 2 aliphatic heterocycles. The minimum atomic E-state index is -4.18. The van der Waals surface area contributed by atoms with Crippen molar-refractivity contribution in [3.05, 3.63) is 66.7 Å². The number of fused-ring (bicyclic) bond motifs is 3. The lowest BCUT2D eigenvalue weighted by atomic mass is 10.0. The van der Waals surface area contributed by atoms with Gasteiger partial charge in [-0.1, -0.05) is 67.5 Å². The number of ether oxygens (including phenoxy) is 2. The molecule has 3 aliphatic rings. The number of benzene rings is 2. The number of aromatic nitrogens is 2. The van der Waals surface area contributed by atoms with Gasteiger partial charge in [0.2, 0.25) is 17.7 Å². The summed E-state index contributed by atoms with van der Waals surface area (Å²) in [7, 11) is -1.59. The summed E-state index contributed by atoms with van der Waals surface area (Å²) in [6, 6.07) is 14.6. The van der Waals surface area contributed by atoms with E-state index in [4.69, 9.17) is 19.4 Å². The molecular weight excluding hydrogens is 727 g/mol. The molecule has 1 saturated heterocycles. The molecule has 3 N–H and O–H groups in total. The molecule has 1 aromatic heterocycles. The second-order valence-electron chi connectivity index (χ2n) is 15.5. The van der Waals surface area contributed by atoms with E-state index in [1.165, 1.54) is 19.0 Å². The maximum atomic E-state index is 14.6. The third kappa shape index (κ3) is 9.24. The first-order chi connectivity index (χ1) is 26.1. The molecule has 0 spiro atoms. The van der Waals surface area contributed by atoms with Crippen molar-refractivity contribution in [1.82, 2.24) is 34.5 Å². The van der Waals surface area contributed by atoms with E-state index >= 15 is 0 Å². The molecule has 6 rings (SSSR count). The van der Waals surface area contributed by atoms with Gasteiger partial charge in [0.25, 0.3) is 5.91 Å². The van der Waals surface area contributed by atoms with Crippen molar-refractivity contribution in [1.29, 1.82) is 0 Å². The fraction of sp³-hybridized carbons (Fsp3) is 0.487. The summed E-state index contributed by atoms with van der Waals surface area (Å²) in [5, 5.41) is 5.59. The third-order valence-corrected chi connectivity index (χ3v) is 11.3. The molecule has 4 amide bonds. The van der Waals surface area contributed by atoms with Gasteiger partial charge in [0, 0.05) is 32.0 Å². The summed E-state index contributed by atoms with van der Waals surface area (Å²) < 4.78 is 40.5. The van der Waals surface area contributed by atoms with E-state index in [-0.39, 0.29) is 25.3 Å². The molecule has 16 heteroatoms. The molecule has 3 heterocycles. The summed E-state index contributed by atoms with van der Waals surface area (Å²) in [5.41, 5.74) is 0.103. The number of hydrogen-bond donors (Lipinski definition) is 3. The topological polar surface area (TPSA) is 189 Å². The summed E-state index contributed by atoms with van der Waals surface area (Å²) in [5.74, 6) is -2.31. The van der Waals surface area contributed by atoms with Crippen LogP contribution in [-0.2, 0) is 29.3 Å². The number of nitrogens with zero attached hydrogens (tertiary/aromatic N) is 4. The predicted molar refractivity (Wildman–Crippen MR) is 205 cm³/mol. The zero-order valence-electron chi connectivity index (χ0n) is 31.8. The Labute approximate surface area is 321 Å².